The summed E-state index contributed by atoms with van der Waals surface area (Å²) >= 11 is 5.99. The van der Waals surface area contributed by atoms with Crippen molar-refractivity contribution >= 4 is 23.4 Å². The van der Waals surface area contributed by atoms with Crippen LogP contribution in [0.5, 0.6) is 5.75 Å². The maximum Gasteiger partial charge on any atom is 0.253 e. The van der Waals surface area contributed by atoms with E-state index in [-0.39, 0.29) is 11.8 Å². The quantitative estimate of drug-likeness (QED) is 0.614. The Morgan fingerprint density at radius 3 is 2.28 bits per heavy atom. The molecule has 6 heteroatoms. The van der Waals surface area contributed by atoms with E-state index in [2.05, 4.69) is 0 Å². The van der Waals surface area contributed by atoms with Crippen LogP contribution in [0.4, 0.5) is 0 Å². The lowest BCUT2D eigenvalue weighted by molar-refractivity contribution is -0.136. The van der Waals surface area contributed by atoms with E-state index in [9.17, 15) is 9.59 Å². The van der Waals surface area contributed by atoms with Gasteiger partial charge < -0.3 is 14.5 Å². The van der Waals surface area contributed by atoms with Gasteiger partial charge in [-0.25, -0.2) is 0 Å². The van der Waals surface area contributed by atoms with Gasteiger partial charge in [0.2, 0.25) is 5.91 Å². The van der Waals surface area contributed by atoms with Crippen molar-refractivity contribution in [2.45, 2.75) is 38.5 Å². The maximum atomic E-state index is 13.2. The van der Waals surface area contributed by atoms with Gasteiger partial charge in [-0.3, -0.25) is 9.59 Å². The fraction of sp³-hybridized carbons (Fsp3) is 0.462. The standard InChI is InChI=1S/C26H31ClN2O3/c27-22-12-10-21(11-13-22)25(31)29-17-7-14-26(19-29,20-32-23-8-3-1-4-9-23)18-24(30)28-15-5-2-6-16-28/h1,3-4,8-13H,2,5-7,14-20H2/t26-/m1/s1. The van der Waals surface area contributed by atoms with Crippen molar-refractivity contribution in [3.63, 3.8) is 0 Å². The highest BCUT2D eigenvalue weighted by molar-refractivity contribution is 6.30. The van der Waals surface area contributed by atoms with Crippen LogP contribution in [-0.4, -0.2) is 54.4 Å². The molecule has 2 saturated heterocycles. The smallest absolute Gasteiger partial charge is 0.253 e. The first-order chi connectivity index (χ1) is 15.5. The number of halogens is 1. The van der Waals surface area contributed by atoms with E-state index in [1.165, 1.54) is 6.42 Å². The molecule has 2 fully saturated rings. The molecule has 2 aliphatic heterocycles. The van der Waals surface area contributed by atoms with Crippen molar-refractivity contribution in [3.8, 4) is 5.75 Å². The van der Waals surface area contributed by atoms with Gasteiger partial charge in [0.1, 0.15) is 5.75 Å². The van der Waals surface area contributed by atoms with Crippen LogP contribution in [0.3, 0.4) is 0 Å². The summed E-state index contributed by atoms with van der Waals surface area (Å²) in [5.41, 5.74) is 0.224. The molecule has 2 aromatic rings. The van der Waals surface area contributed by atoms with Crippen LogP contribution in [0.2, 0.25) is 5.02 Å². The monoisotopic (exact) mass is 454 g/mol. The predicted octanol–water partition coefficient (Wildman–Crippen LogP) is 5.04. The van der Waals surface area contributed by atoms with E-state index in [4.69, 9.17) is 16.3 Å². The lowest BCUT2D eigenvalue weighted by atomic mass is 9.77. The lowest BCUT2D eigenvalue weighted by Crippen LogP contribution is -2.51. The van der Waals surface area contributed by atoms with Crippen molar-refractivity contribution < 1.29 is 14.3 Å². The van der Waals surface area contributed by atoms with E-state index in [1.807, 2.05) is 40.1 Å². The first-order valence-corrected chi connectivity index (χ1v) is 11.9. The molecule has 0 saturated carbocycles. The third-order valence-electron chi connectivity index (χ3n) is 6.56. The third-order valence-corrected chi connectivity index (χ3v) is 6.81. The zero-order chi connectivity index (χ0) is 22.4. The molecule has 2 heterocycles. The molecule has 0 aliphatic carbocycles. The van der Waals surface area contributed by atoms with Crippen molar-refractivity contribution in [2.24, 2.45) is 5.41 Å². The highest BCUT2D eigenvalue weighted by Gasteiger charge is 2.41. The number of amides is 2. The van der Waals surface area contributed by atoms with Gasteiger partial charge in [-0.15, -0.1) is 0 Å². The number of nitrogens with zero attached hydrogens (tertiary/aromatic N) is 2. The zero-order valence-electron chi connectivity index (χ0n) is 18.5. The van der Waals surface area contributed by atoms with Gasteiger partial charge in [-0.1, -0.05) is 29.8 Å². The fourth-order valence-corrected chi connectivity index (χ4v) is 4.92. The van der Waals surface area contributed by atoms with E-state index in [0.717, 1.165) is 44.5 Å². The van der Waals surface area contributed by atoms with Crippen LogP contribution >= 0.6 is 11.6 Å². The number of rotatable bonds is 6. The van der Waals surface area contributed by atoms with Gasteiger partial charge in [0, 0.05) is 48.6 Å². The van der Waals surface area contributed by atoms with Crippen molar-refractivity contribution in [3.05, 3.63) is 65.2 Å². The molecule has 4 rings (SSSR count). The molecule has 0 bridgehead atoms. The van der Waals surface area contributed by atoms with E-state index < -0.39 is 5.41 Å². The van der Waals surface area contributed by atoms with Gasteiger partial charge in [-0.05, 0) is 68.5 Å². The molecular formula is C26H31ClN2O3. The number of piperidine rings is 2. The molecule has 0 aromatic heterocycles. The Balaban J connectivity index is 1.52. The number of hydrogen-bond acceptors (Lipinski definition) is 3. The summed E-state index contributed by atoms with van der Waals surface area (Å²) in [5, 5.41) is 0.609. The Morgan fingerprint density at radius 2 is 1.56 bits per heavy atom. The number of carbonyl (C=O) groups is 2. The normalized spacial score (nSPS) is 21.3. The molecule has 1 atom stereocenters. The topological polar surface area (TPSA) is 49.9 Å². The van der Waals surface area contributed by atoms with Crippen molar-refractivity contribution in [2.75, 3.05) is 32.8 Å². The molecule has 5 nitrogen and oxygen atoms in total. The summed E-state index contributed by atoms with van der Waals surface area (Å²) in [7, 11) is 0. The number of carbonyl (C=O) groups excluding carboxylic acids is 2. The average molecular weight is 455 g/mol. The number of hydrogen-bond donors (Lipinski definition) is 0. The molecule has 32 heavy (non-hydrogen) atoms. The maximum absolute atomic E-state index is 13.2. The van der Waals surface area contributed by atoms with Gasteiger partial charge in [0.25, 0.3) is 5.91 Å². The Kier molecular flexibility index (Phi) is 7.36. The Labute approximate surface area is 195 Å². The number of ether oxygens (including phenoxy) is 1. The lowest BCUT2D eigenvalue weighted by Gasteiger charge is -2.43. The average Bonchev–Trinajstić information content (AvgIpc) is 2.84. The van der Waals surface area contributed by atoms with Crippen LogP contribution in [0.1, 0.15) is 48.9 Å². The number of likely N-dealkylation sites (tertiary alicyclic amines) is 2. The van der Waals surface area contributed by atoms with E-state index in [0.29, 0.717) is 36.7 Å². The first kappa shape index (κ1) is 22.7. The third kappa shape index (κ3) is 5.63. The molecule has 0 spiro atoms. The van der Waals surface area contributed by atoms with Crippen LogP contribution in [0, 0.1) is 5.41 Å². The molecule has 2 aliphatic rings. The number of benzene rings is 2. The highest BCUT2D eigenvalue weighted by atomic mass is 35.5. The fourth-order valence-electron chi connectivity index (χ4n) is 4.80. The van der Waals surface area contributed by atoms with Crippen molar-refractivity contribution in [1.82, 2.24) is 9.80 Å². The number of para-hydroxylation sites is 1. The summed E-state index contributed by atoms with van der Waals surface area (Å²) < 4.78 is 6.16. The van der Waals surface area contributed by atoms with Gasteiger partial charge in [0.15, 0.2) is 0 Å². The van der Waals surface area contributed by atoms with Gasteiger partial charge in [0.05, 0.1) is 6.61 Å². The molecule has 170 valence electrons. The van der Waals surface area contributed by atoms with Crippen LogP contribution in [0.15, 0.2) is 54.6 Å². The van der Waals surface area contributed by atoms with Crippen LogP contribution in [0.25, 0.3) is 0 Å². The first-order valence-electron chi connectivity index (χ1n) is 11.6. The minimum Gasteiger partial charge on any atom is -0.493 e. The SMILES string of the molecule is O=C(C[C@]1(COc2ccccc2)CCCN(C(=O)c2ccc(Cl)cc2)C1)N1CCCCC1. The second kappa shape index (κ2) is 10.4. The predicted molar refractivity (Wildman–Crippen MR) is 126 cm³/mol. The summed E-state index contributed by atoms with van der Waals surface area (Å²) in [6.07, 6.45) is 5.45. The van der Waals surface area contributed by atoms with Gasteiger partial charge in [-0.2, -0.15) is 0 Å². The van der Waals surface area contributed by atoms with Crippen LogP contribution in [-0.2, 0) is 4.79 Å². The second-order valence-corrected chi connectivity index (χ2v) is 9.49. The largest absolute Gasteiger partial charge is 0.493 e. The molecule has 0 radical (unpaired) electrons. The molecule has 2 amide bonds. The van der Waals surface area contributed by atoms with Gasteiger partial charge >= 0.3 is 0 Å². The summed E-state index contributed by atoms with van der Waals surface area (Å²) in [5.74, 6) is 0.955. The minimum absolute atomic E-state index is 0.0177. The van der Waals surface area contributed by atoms with Crippen LogP contribution < -0.4 is 4.74 Å². The summed E-state index contributed by atoms with van der Waals surface area (Å²) in [6, 6.07) is 16.7. The Morgan fingerprint density at radius 1 is 0.875 bits per heavy atom. The van der Waals surface area contributed by atoms with E-state index >= 15 is 0 Å². The Hall–Kier alpha value is -2.53. The highest BCUT2D eigenvalue weighted by Crippen LogP contribution is 2.36. The second-order valence-electron chi connectivity index (χ2n) is 9.06. The molecular weight excluding hydrogens is 424 g/mol. The summed E-state index contributed by atoms with van der Waals surface area (Å²) in [6.45, 7) is 3.29. The minimum atomic E-state index is -0.398. The molecule has 2 aromatic carbocycles. The summed E-state index contributed by atoms with van der Waals surface area (Å²) in [4.78, 5) is 30.3. The Bertz CT molecular complexity index is 912. The zero-order valence-corrected chi connectivity index (χ0v) is 19.2. The van der Waals surface area contributed by atoms with E-state index in [1.54, 1.807) is 24.3 Å². The molecule has 0 unspecified atom stereocenters. The van der Waals surface area contributed by atoms with Crippen molar-refractivity contribution in [1.29, 1.82) is 0 Å². The molecule has 0 N–H and O–H groups in total.